The zero-order chi connectivity index (χ0) is 21.3. The topological polar surface area (TPSA) is 45.8 Å². The standard InChI is InChI=1S/C21H13BrCl2N2O2S2/c1-26-20(27)18(30-21(26)25-13-4-8-16(22)17(24)10-13)11-14-5-9-19(28-14)29-15-6-2-12(23)3-7-15/h2-11H,1H3/b18-11+,25-21?. The number of benzene rings is 2. The van der Waals surface area contributed by atoms with Crippen molar-refractivity contribution in [2.24, 2.45) is 4.99 Å². The fraction of sp³-hybridized carbons (Fsp3) is 0.0476. The van der Waals surface area contributed by atoms with E-state index in [0.717, 1.165) is 14.5 Å². The van der Waals surface area contributed by atoms with Crippen LogP contribution in [0.3, 0.4) is 0 Å². The third-order valence-electron chi connectivity index (χ3n) is 4.04. The molecule has 0 saturated carbocycles. The smallest absolute Gasteiger partial charge is 0.266 e. The summed E-state index contributed by atoms with van der Waals surface area (Å²) in [6, 6.07) is 16.6. The average molecular weight is 540 g/mol. The number of furan rings is 1. The number of amides is 1. The zero-order valence-corrected chi connectivity index (χ0v) is 20.2. The van der Waals surface area contributed by atoms with E-state index in [1.54, 1.807) is 19.2 Å². The van der Waals surface area contributed by atoms with Gasteiger partial charge in [-0.3, -0.25) is 9.69 Å². The maximum Gasteiger partial charge on any atom is 0.266 e. The average Bonchev–Trinajstić information content (AvgIpc) is 3.26. The number of carbonyl (C=O) groups excluding carboxylic acids is 1. The number of nitrogens with zero attached hydrogens (tertiary/aromatic N) is 2. The monoisotopic (exact) mass is 538 g/mol. The van der Waals surface area contributed by atoms with Gasteiger partial charge in [-0.2, -0.15) is 0 Å². The van der Waals surface area contributed by atoms with Crippen molar-refractivity contribution in [3.8, 4) is 0 Å². The molecular weight excluding hydrogens is 527 g/mol. The minimum atomic E-state index is -0.134. The molecule has 1 fully saturated rings. The van der Waals surface area contributed by atoms with Gasteiger partial charge >= 0.3 is 0 Å². The predicted octanol–water partition coefficient (Wildman–Crippen LogP) is 7.73. The lowest BCUT2D eigenvalue weighted by atomic mass is 10.3. The summed E-state index contributed by atoms with van der Waals surface area (Å²) in [5.41, 5.74) is 0.672. The van der Waals surface area contributed by atoms with E-state index >= 15 is 0 Å². The molecule has 9 heteroatoms. The fourth-order valence-corrected chi connectivity index (χ4v) is 4.82. The number of thioether (sulfide) groups is 1. The van der Waals surface area contributed by atoms with Crippen molar-refractivity contribution in [3.63, 3.8) is 0 Å². The molecule has 0 N–H and O–H groups in total. The Bertz CT molecular complexity index is 1180. The lowest BCUT2D eigenvalue weighted by Gasteiger charge is -2.07. The van der Waals surface area contributed by atoms with Crippen molar-refractivity contribution < 1.29 is 9.21 Å². The lowest BCUT2D eigenvalue weighted by molar-refractivity contribution is -0.121. The Morgan fingerprint density at radius 1 is 1.13 bits per heavy atom. The van der Waals surface area contributed by atoms with Crippen LogP contribution < -0.4 is 0 Å². The predicted molar refractivity (Wildman–Crippen MR) is 129 cm³/mol. The third kappa shape index (κ3) is 4.98. The number of aliphatic imine (C=N–C) groups is 1. The first-order chi connectivity index (χ1) is 14.4. The molecule has 0 spiro atoms. The van der Waals surface area contributed by atoms with Crippen LogP contribution in [0, 0.1) is 0 Å². The minimum Gasteiger partial charge on any atom is -0.450 e. The Kier molecular flexibility index (Phi) is 6.65. The van der Waals surface area contributed by atoms with E-state index in [0.29, 0.717) is 31.6 Å². The molecule has 0 radical (unpaired) electrons. The summed E-state index contributed by atoms with van der Waals surface area (Å²) in [6.45, 7) is 0. The van der Waals surface area contributed by atoms with Gasteiger partial charge in [0.15, 0.2) is 10.3 Å². The molecule has 30 heavy (non-hydrogen) atoms. The van der Waals surface area contributed by atoms with Gasteiger partial charge in [0.05, 0.1) is 15.6 Å². The fourth-order valence-electron chi connectivity index (χ4n) is 2.53. The number of hydrogen-bond donors (Lipinski definition) is 0. The molecule has 4 rings (SSSR count). The van der Waals surface area contributed by atoms with Crippen molar-refractivity contribution >= 4 is 85.5 Å². The molecule has 0 atom stereocenters. The highest BCUT2D eigenvalue weighted by atomic mass is 79.9. The molecular formula is C21H13BrCl2N2O2S2. The van der Waals surface area contributed by atoms with Crippen LogP contribution in [0.5, 0.6) is 0 Å². The van der Waals surface area contributed by atoms with Gasteiger partial charge in [-0.1, -0.05) is 35.0 Å². The summed E-state index contributed by atoms with van der Waals surface area (Å²) in [5.74, 6) is 0.467. The van der Waals surface area contributed by atoms with Crippen LogP contribution in [-0.4, -0.2) is 23.0 Å². The molecule has 4 nitrogen and oxygen atoms in total. The Morgan fingerprint density at radius 2 is 1.90 bits per heavy atom. The van der Waals surface area contributed by atoms with Crippen LogP contribution in [0.2, 0.25) is 10.0 Å². The maximum absolute atomic E-state index is 12.6. The van der Waals surface area contributed by atoms with Gasteiger partial charge in [0.25, 0.3) is 5.91 Å². The van der Waals surface area contributed by atoms with Crippen LogP contribution >= 0.6 is 62.7 Å². The molecule has 152 valence electrons. The van der Waals surface area contributed by atoms with Crippen LogP contribution in [0.15, 0.2) is 83.4 Å². The zero-order valence-electron chi connectivity index (χ0n) is 15.4. The summed E-state index contributed by atoms with van der Waals surface area (Å²) in [7, 11) is 1.69. The van der Waals surface area contributed by atoms with E-state index in [4.69, 9.17) is 27.6 Å². The summed E-state index contributed by atoms with van der Waals surface area (Å²) >= 11 is 18.2. The Balaban J connectivity index is 1.52. The van der Waals surface area contributed by atoms with Crippen molar-refractivity contribution in [2.75, 3.05) is 7.05 Å². The molecule has 0 aliphatic carbocycles. The van der Waals surface area contributed by atoms with Crippen molar-refractivity contribution in [1.29, 1.82) is 0 Å². The van der Waals surface area contributed by atoms with Crippen molar-refractivity contribution in [1.82, 2.24) is 4.90 Å². The highest BCUT2D eigenvalue weighted by molar-refractivity contribution is 9.10. The SMILES string of the molecule is CN1C(=O)/C(=C\c2ccc(Sc3ccc(Cl)cc3)o2)SC1=Nc1ccc(Br)c(Cl)c1. The molecule has 2 aromatic carbocycles. The van der Waals surface area contributed by atoms with E-state index in [1.807, 2.05) is 48.5 Å². The molecule has 0 bridgehead atoms. The second kappa shape index (κ2) is 9.24. The number of hydrogen-bond acceptors (Lipinski definition) is 5. The van der Waals surface area contributed by atoms with Crippen molar-refractivity contribution in [3.05, 3.63) is 79.8 Å². The first kappa shape index (κ1) is 21.6. The summed E-state index contributed by atoms with van der Waals surface area (Å²) in [4.78, 5) is 20.2. The largest absolute Gasteiger partial charge is 0.450 e. The first-order valence-corrected chi connectivity index (χ1v) is 11.8. The molecule has 3 aromatic rings. The van der Waals surface area contributed by atoms with Gasteiger partial charge in [0.1, 0.15) is 5.76 Å². The van der Waals surface area contributed by atoms with Gasteiger partial charge in [0, 0.05) is 27.5 Å². The Hall–Kier alpha value is -1.64. The van der Waals surface area contributed by atoms with E-state index in [2.05, 4.69) is 20.9 Å². The molecule has 1 saturated heterocycles. The van der Waals surface area contributed by atoms with Gasteiger partial charge in [-0.15, -0.1) is 0 Å². The second-order valence-corrected chi connectivity index (χ2v) is 9.97. The molecule has 0 unspecified atom stereocenters. The Labute approximate surface area is 200 Å². The molecule has 1 aromatic heterocycles. The number of amidine groups is 1. The van der Waals surface area contributed by atoms with E-state index in [1.165, 1.54) is 28.4 Å². The quantitative estimate of drug-likeness (QED) is 0.318. The van der Waals surface area contributed by atoms with Crippen LogP contribution in [-0.2, 0) is 4.79 Å². The number of rotatable bonds is 4. The highest BCUT2D eigenvalue weighted by Crippen LogP contribution is 2.36. The van der Waals surface area contributed by atoms with Crippen molar-refractivity contribution in [2.45, 2.75) is 9.99 Å². The van der Waals surface area contributed by atoms with E-state index in [9.17, 15) is 4.79 Å². The van der Waals surface area contributed by atoms with E-state index < -0.39 is 0 Å². The normalized spacial score (nSPS) is 16.8. The number of halogens is 3. The highest BCUT2D eigenvalue weighted by Gasteiger charge is 2.30. The Morgan fingerprint density at radius 3 is 2.63 bits per heavy atom. The second-order valence-electron chi connectivity index (χ2n) is 6.18. The third-order valence-corrected chi connectivity index (χ3v) is 7.51. The first-order valence-electron chi connectivity index (χ1n) is 8.63. The molecule has 1 amide bonds. The maximum atomic E-state index is 12.6. The molecule has 1 aliphatic rings. The van der Waals surface area contributed by atoms with Crippen LogP contribution in [0.25, 0.3) is 6.08 Å². The lowest BCUT2D eigenvalue weighted by Crippen LogP contribution is -2.23. The van der Waals surface area contributed by atoms with Gasteiger partial charge in [-0.05, 0) is 82.3 Å². The summed E-state index contributed by atoms with van der Waals surface area (Å²) in [6.07, 6.45) is 1.73. The minimum absolute atomic E-state index is 0.134. The van der Waals surface area contributed by atoms with Gasteiger partial charge < -0.3 is 4.42 Å². The van der Waals surface area contributed by atoms with Crippen LogP contribution in [0.4, 0.5) is 5.69 Å². The summed E-state index contributed by atoms with van der Waals surface area (Å²) < 4.78 is 6.65. The van der Waals surface area contributed by atoms with Gasteiger partial charge in [0.2, 0.25) is 0 Å². The van der Waals surface area contributed by atoms with Crippen LogP contribution in [0.1, 0.15) is 5.76 Å². The van der Waals surface area contributed by atoms with E-state index in [-0.39, 0.29) is 5.91 Å². The van der Waals surface area contributed by atoms with Gasteiger partial charge in [-0.25, -0.2) is 4.99 Å². The molecule has 1 aliphatic heterocycles. The number of carbonyl (C=O) groups is 1. The number of likely N-dealkylation sites (N-methyl/N-ethyl adjacent to an activating group) is 1. The summed E-state index contributed by atoms with van der Waals surface area (Å²) in [5, 5.41) is 2.55. The molecule has 2 heterocycles.